The summed E-state index contributed by atoms with van der Waals surface area (Å²) in [4.78, 5) is 65.9. The van der Waals surface area contributed by atoms with E-state index in [4.69, 9.17) is 45.1 Å². The lowest BCUT2D eigenvalue weighted by Gasteiger charge is -2.34. The molecule has 3 unspecified atom stereocenters. The summed E-state index contributed by atoms with van der Waals surface area (Å²) in [5.41, 5.74) is 4.45. The topological polar surface area (TPSA) is 243 Å². The normalized spacial score (nSPS) is 35.8. The van der Waals surface area contributed by atoms with Crippen molar-refractivity contribution in [2.75, 3.05) is 18.9 Å². The highest BCUT2D eigenvalue weighted by atomic mass is 32.5. The molecule has 7 rings (SSSR count). The first-order valence-corrected chi connectivity index (χ1v) is 18.0. The quantitative estimate of drug-likeness (QED) is 0.263. The molecule has 23 heteroatoms. The second-order valence-corrected chi connectivity index (χ2v) is 14.9. The fourth-order valence-corrected chi connectivity index (χ4v) is 7.92. The van der Waals surface area contributed by atoms with Crippen LogP contribution in [0, 0.1) is 0 Å². The van der Waals surface area contributed by atoms with Crippen molar-refractivity contribution in [3.8, 4) is 11.1 Å². The lowest BCUT2D eigenvalue weighted by molar-refractivity contribution is -0.237. The third-order valence-electron chi connectivity index (χ3n) is 7.81. The average molecular weight is 730 g/mol. The number of phosphoric acid groups is 1. The third-order valence-corrected chi connectivity index (χ3v) is 10.3. The van der Waals surface area contributed by atoms with Gasteiger partial charge in [0.15, 0.2) is 36.3 Å². The number of anilines is 1. The number of nitrogens with one attached hydrogen (secondary N) is 1. The van der Waals surface area contributed by atoms with E-state index in [-0.39, 0.29) is 22.5 Å². The number of hydrogen-bond acceptors (Lipinski definition) is 16. The Morgan fingerprint density at radius 2 is 1.67 bits per heavy atom. The monoisotopic (exact) mass is 729 g/mol. The number of aromatic amines is 1. The molecule has 3 fully saturated rings. The van der Waals surface area contributed by atoms with Gasteiger partial charge in [0, 0.05) is 6.20 Å². The number of phosphoric ester groups is 1. The Labute approximate surface area is 272 Å². The highest BCUT2D eigenvalue weighted by molar-refractivity contribution is 8.06. The van der Waals surface area contributed by atoms with E-state index in [1.54, 1.807) is 30.3 Å². The van der Waals surface area contributed by atoms with Gasteiger partial charge >= 0.3 is 5.69 Å². The molecule has 0 spiro atoms. The number of fused-ring (bicyclic) bond motifs is 4. The number of nitrogens with zero attached hydrogens (tertiary/aromatic N) is 5. The van der Waals surface area contributed by atoms with Gasteiger partial charge in [-0.3, -0.25) is 23.5 Å². The zero-order chi connectivity index (χ0) is 34.0. The van der Waals surface area contributed by atoms with Crippen LogP contribution in [0.1, 0.15) is 12.5 Å². The predicted molar refractivity (Wildman–Crippen MR) is 158 cm³/mol. The van der Waals surface area contributed by atoms with Gasteiger partial charge in [-0.15, -0.1) is 0 Å². The van der Waals surface area contributed by atoms with Gasteiger partial charge in [0.05, 0.1) is 25.1 Å². The zero-order valence-corrected chi connectivity index (χ0v) is 26.6. The Morgan fingerprint density at radius 1 is 0.938 bits per heavy atom. The van der Waals surface area contributed by atoms with Gasteiger partial charge in [0.25, 0.3) is 13.4 Å². The van der Waals surface area contributed by atoms with Gasteiger partial charge in [0.2, 0.25) is 0 Å². The smallest absolute Gasteiger partial charge is 0.330 e. The maximum Gasteiger partial charge on any atom is 0.330 e. The first-order valence-electron chi connectivity index (χ1n) is 14.0. The fraction of sp³-hybridized carbons (Fsp3) is 0.400. The summed E-state index contributed by atoms with van der Waals surface area (Å²) in [6.45, 7) is -6.58. The SMILES string of the molecule is Nc1ncnc2c1ncn2[C@@H]1O[C@@H]2COP(=O)([O-])O[C@@H]3[C@H](F)[C@@H](COP([O-])(=S)O[C@H]2C1F)O[C@H]3n1cc(-c2ccccc2)c(=O)[nH]c1=O. The van der Waals surface area contributed by atoms with E-state index in [0.29, 0.717) is 5.56 Å². The van der Waals surface area contributed by atoms with E-state index >= 15 is 8.78 Å². The highest BCUT2D eigenvalue weighted by Crippen LogP contribution is 2.51. The molecular weight excluding hydrogens is 706 g/mol. The second kappa shape index (κ2) is 12.5. The number of ether oxygens (including phenoxy) is 2. The number of rotatable bonds is 3. The van der Waals surface area contributed by atoms with Crippen molar-refractivity contribution in [2.45, 2.75) is 49.2 Å². The van der Waals surface area contributed by atoms with Crippen molar-refractivity contribution in [2.24, 2.45) is 0 Å². The predicted octanol–water partition coefficient (Wildman–Crippen LogP) is -0.0329. The summed E-state index contributed by atoms with van der Waals surface area (Å²) in [7, 11) is -5.52. The molecule has 1 aromatic carbocycles. The Bertz CT molecular complexity index is 2070. The van der Waals surface area contributed by atoms with Crippen molar-refractivity contribution in [1.82, 2.24) is 29.1 Å². The highest BCUT2D eigenvalue weighted by Gasteiger charge is 2.52. The van der Waals surface area contributed by atoms with Gasteiger partial charge in [-0.05, 0) is 5.56 Å². The van der Waals surface area contributed by atoms with Crippen molar-refractivity contribution < 1.29 is 50.7 Å². The van der Waals surface area contributed by atoms with Crippen molar-refractivity contribution in [3.63, 3.8) is 0 Å². The maximum absolute atomic E-state index is 16.0. The number of hydrogen-bond donors (Lipinski definition) is 2. The van der Waals surface area contributed by atoms with Gasteiger partial charge in [-0.25, -0.2) is 28.5 Å². The molecule has 3 saturated heterocycles. The Hall–Kier alpha value is -3.33. The number of aromatic nitrogens is 6. The molecule has 0 amide bonds. The summed E-state index contributed by atoms with van der Waals surface area (Å²) < 4.78 is 78.7. The molecular formula is C25H23F2N7O11P2S-2. The fourth-order valence-electron chi connectivity index (χ4n) is 5.59. The molecule has 0 radical (unpaired) electrons. The van der Waals surface area contributed by atoms with Gasteiger partial charge in [0.1, 0.15) is 43.0 Å². The second-order valence-electron chi connectivity index (χ2n) is 10.8. The first kappa shape index (κ1) is 33.2. The van der Waals surface area contributed by atoms with E-state index in [1.165, 1.54) is 0 Å². The van der Waals surface area contributed by atoms with Crippen LogP contribution in [-0.4, -0.2) is 79.0 Å². The summed E-state index contributed by atoms with van der Waals surface area (Å²) in [6, 6.07) is 8.09. The van der Waals surface area contributed by atoms with E-state index in [0.717, 1.165) is 28.0 Å². The standard InChI is InChI=1S/C25H25F2N7O11P2S/c26-15-13-7-41-47(39,48)45-18-14(43-23(16(18)27)34-10-31-17-20(28)29-9-30-21(17)34)8-40-46(37,38)44-19(15)24(42-13)33-6-12(22(35)32-25(33)36)11-4-2-1-3-5-11/h1-6,9-10,13-16,18-19,23-24H,7-8H2,(H,37,38)(H,39,48)(H2,28,29,30)(H,32,35,36)/p-2/t13-,14-,15-,16?,18-,19-,23-,24-,47?/m1/s1. The van der Waals surface area contributed by atoms with Crippen LogP contribution in [0.5, 0.6) is 0 Å². The van der Waals surface area contributed by atoms with E-state index in [1.807, 2.05) is 0 Å². The van der Waals surface area contributed by atoms with Crippen molar-refractivity contribution in [1.29, 1.82) is 0 Å². The van der Waals surface area contributed by atoms with Crippen LogP contribution < -0.4 is 26.8 Å². The Kier molecular flexibility index (Phi) is 8.66. The van der Waals surface area contributed by atoms with Gasteiger partial charge in [-0.1, -0.05) is 42.1 Å². The minimum Gasteiger partial charge on any atom is -0.780 e. The number of H-pyrrole nitrogens is 1. The molecule has 2 bridgehead atoms. The largest absolute Gasteiger partial charge is 0.780 e. The summed E-state index contributed by atoms with van der Waals surface area (Å²) in [6.07, 6.45) is -11.9. The first-order chi connectivity index (χ1) is 22.8. The average Bonchev–Trinajstić information content (AvgIpc) is 3.70. The number of nitrogen functional groups attached to an aromatic ring is 1. The molecule has 0 aliphatic carbocycles. The summed E-state index contributed by atoms with van der Waals surface area (Å²) in [5, 5.41) is 0. The van der Waals surface area contributed by atoms with Crippen LogP contribution >= 0.6 is 14.5 Å². The molecule has 18 nitrogen and oxygen atoms in total. The minimum absolute atomic E-state index is 0.0102. The number of imidazole rings is 1. The molecule has 10 atom stereocenters. The maximum atomic E-state index is 16.0. The molecule has 6 heterocycles. The van der Waals surface area contributed by atoms with Crippen LogP contribution in [0.15, 0.2) is 58.8 Å². The molecule has 256 valence electrons. The summed E-state index contributed by atoms with van der Waals surface area (Å²) in [5.74, 6) is -0.0102. The minimum atomic E-state index is -5.52. The molecule has 0 saturated carbocycles. The lowest BCUT2D eigenvalue weighted by atomic mass is 10.1. The van der Waals surface area contributed by atoms with Crippen molar-refractivity contribution in [3.05, 3.63) is 70.0 Å². The number of nitrogens with two attached hydrogens (primary N) is 1. The van der Waals surface area contributed by atoms with Gasteiger partial charge in [-0.2, -0.15) is 0 Å². The molecule has 48 heavy (non-hydrogen) atoms. The Balaban J connectivity index is 1.21. The van der Waals surface area contributed by atoms with Crippen LogP contribution in [0.4, 0.5) is 14.6 Å². The Morgan fingerprint density at radius 3 is 2.44 bits per heavy atom. The summed E-state index contributed by atoms with van der Waals surface area (Å²) >= 11 is 4.97. The third kappa shape index (κ3) is 6.16. The van der Waals surface area contributed by atoms with E-state index in [2.05, 4.69) is 19.9 Å². The molecule has 3 aromatic heterocycles. The van der Waals surface area contributed by atoms with E-state index in [9.17, 15) is 23.9 Å². The van der Waals surface area contributed by atoms with Crippen LogP contribution in [0.3, 0.4) is 0 Å². The molecule has 3 aliphatic rings. The number of halogens is 2. The van der Waals surface area contributed by atoms with Crippen LogP contribution in [0.2, 0.25) is 0 Å². The van der Waals surface area contributed by atoms with E-state index < -0.39 is 88.2 Å². The lowest BCUT2D eigenvalue weighted by Crippen LogP contribution is -2.39. The zero-order valence-electron chi connectivity index (χ0n) is 24.0. The molecule has 3 N–H and O–H groups in total. The number of benzene rings is 1. The van der Waals surface area contributed by atoms with Gasteiger partial charge < -0.3 is 43.1 Å². The van der Waals surface area contributed by atoms with Crippen LogP contribution in [0.25, 0.3) is 22.3 Å². The number of alkyl halides is 2. The molecule has 4 aromatic rings. The van der Waals surface area contributed by atoms with Crippen LogP contribution in [-0.2, 0) is 43.9 Å². The molecule has 3 aliphatic heterocycles. The van der Waals surface area contributed by atoms with Crippen molar-refractivity contribution >= 4 is 43.3 Å².